The van der Waals surface area contributed by atoms with E-state index in [-0.39, 0.29) is 0 Å². The minimum absolute atomic E-state index is 0.689. The first-order chi connectivity index (χ1) is 6.40. The van der Waals surface area contributed by atoms with Gasteiger partial charge in [0.15, 0.2) is 0 Å². The first-order valence-electron chi connectivity index (χ1n) is 5.23. The summed E-state index contributed by atoms with van der Waals surface area (Å²) in [7, 11) is 0. The minimum atomic E-state index is 0.689. The van der Waals surface area contributed by atoms with Crippen molar-refractivity contribution in [3.63, 3.8) is 0 Å². The molecule has 1 aromatic heterocycles. The summed E-state index contributed by atoms with van der Waals surface area (Å²) < 4.78 is 0. The normalized spacial score (nSPS) is 19.2. The molecule has 2 nitrogen and oxygen atoms in total. The first-order valence-corrected chi connectivity index (χ1v) is 5.23. The zero-order chi connectivity index (χ0) is 9.10. The van der Waals surface area contributed by atoms with Gasteiger partial charge >= 0.3 is 0 Å². The van der Waals surface area contributed by atoms with E-state index in [2.05, 4.69) is 16.9 Å². The molecule has 1 radical (unpaired) electrons. The van der Waals surface area contributed by atoms with Crippen LogP contribution in [0.4, 0.5) is 0 Å². The lowest BCUT2D eigenvalue weighted by Crippen LogP contribution is -2.06. The molecule has 71 valence electrons. The number of aromatic amines is 1. The number of H-pyrrole nitrogens is 1. The van der Waals surface area contributed by atoms with Crippen LogP contribution in [0.25, 0.3) is 0 Å². The highest BCUT2D eigenvalue weighted by Crippen LogP contribution is 2.30. The summed E-state index contributed by atoms with van der Waals surface area (Å²) in [6.45, 7) is 3.83. The molecule has 1 aliphatic carbocycles. The van der Waals surface area contributed by atoms with Crippen molar-refractivity contribution < 1.29 is 0 Å². The molecule has 1 aromatic rings. The topological polar surface area (TPSA) is 28.7 Å². The zero-order valence-electron chi connectivity index (χ0n) is 8.05. The van der Waals surface area contributed by atoms with Gasteiger partial charge in [-0.05, 0) is 26.2 Å². The first kappa shape index (κ1) is 8.79. The number of hydrogen-bond donors (Lipinski definition) is 1. The minimum Gasteiger partial charge on any atom is -0.348 e. The molecule has 0 saturated heterocycles. The van der Waals surface area contributed by atoms with Crippen molar-refractivity contribution >= 4 is 0 Å². The van der Waals surface area contributed by atoms with Crippen molar-refractivity contribution in [2.24, 2.45) is 0 Å². The maximum atomic E-state index is 4.53. The Hall–Kier alpha value is -0.790. The lowest BCUT2D eigenvalue weighted by Gasteiger charge is -2.19. The summed E-state index contributed by atoms with van der Waals surface area (Å²) in [5.41, 5.74) is 1.10. The zero-order valence-corrected chi connectivity index (χ0v) is 8.05. The number of aromatic nitrogens is 2. The van der Waals surface area contributed by atoms with E-state index in [1.165, 1.54) is 37.9 Å². The molecule has 1 aliphatic rings. The van der Waals surface area contributed by atoms with Gasteiger partial charge in [0.25, 0.3) is 0 Å². The van der Waals surface area contributed by atoms with Crippen molar-refractivity contribution in [3.8, 4) is 0 Å². The Labute approximate surface area is 79.8 Å². The van der Waals surface area contributed by atoms with Gasteiger partial charge in [0.1, 0.15) is 5.82 Å². The van der Waals surface area contributed by atoms with Crippen LogP contribution in [0.3, 0.4) is 0 Å². The quantitative estimate of drug-likeness (QED) is 0.739. The van der Waals surface area contributed by atoms with E-state index in [9.17, 15) is 0 Å². The molecule has 2 heteroatoms. The van der Waals surface area contributed by atoms with E-state index in [1.54, 1.807) is 0 Å². The van der Waals surface area contributed by atoms with E-state index in [0.29, 0.717) is 5.92 Å². The van der Waals surface area contributed by atoms with Crippen LogP contribution in [0.15, 0.2) is 6.20 Å². The fraction of sp³-hybridized carbons (Fsp3) is 0.636. The van der Waals surface area contributed by atoms with Crippen LogP contribution in [0.5, 0.6) is 0 Å². The second kappa shape index (κ2) is 3.95. The second-order valence-corrected chi connectivity index (χ2v) is 3.86. The maximum Gasteiger partial charge on any atom is 0.109 e. The number of imidazole rings is 1. The molecule has 1 heterocycles. The third kappa shape index (κ3) is 1.93. The lowest BCUT2D eigenvalue weighted by molar-refractivity contribution is 0.430. The molecular formula is C11H17N2. The van der Waals surface area contributed by atoms with Gasteiger partial charge in [-0.15, -0.1) is 0 Å². The molecule has 1 saturated carbocycles. The lowest BCUT2D eigenvalue weighted by atomic mass is 9.89. The summed E-state index contributed by atoms with van der Waals surface area (Å²) in [6, 6.07) is 0. The largest absolute Gasteiger partial charge is 0.348 e. The van der Waals surface area contributed by atoms with Gasteiger partial charge in [0.05, 0.1) is 5.69 Å². The highest BCUT2D eigenvalue weighted by Gasteiger charge is 2.17. The molecule has 1 fully saturated rings. The van der Waals surface area contributed by atoms with Crippen molar-refractivity contribution in [3.05, 3.63) is 24.6 Å². The molecule has 1 N–H and O–H groups in total. The van der Waals surface area contributed by atoms with Gasteiger partial charge in [-0.25, -0.2) is 4.98 Å². The summed E-state index contributed by atoms with van der Waals surface area (Å²) >= 11 is 0. The molecule has 0 aliphatic heterocycles. The molecule has 0 aromatic carbocycles. The van der Waals surface area contributed by atoms with Gasteiger partial charge < -0.3 is 4.98 Å². The van der Waals surface area contributed by atoms with Crippen LogP contribution in [-0.2, 0) is 6.42 Å². The summed E-state index contributed by atoms with van der Waals surface area (Å²) in [5, 5.41) is 0. The number of nitrogens with one attached hydrogen (secondary N) is 1. The van der Waals surface area contributed by atoms with E-state index < -0.39 is 0 Å². The van der Waals surface area contributed by atoms with Crippen LogP contribution < -0.4 is 0 Å². The molecule has 0 bridgehead atoms. The van der Waals surface area contributed by atoms with Gasteiger partial charge in [-0.3, -0.25) is 0 Å². The monoisotopic (exact) mass is 177 g/mol. The highest BCUT2D eigenvalue weighted by molar-refractivity contribution is 5.06. The van der Waals surface area contributed by atoms with E-state index in [1.807, 2.05) is 6.20 Å². The fourth-order valence-corrected chi connectivity index (χ4v) is 2.09. The Balaban J connectivity index is 2.05. The van der Waals surface area contributed by atoms with Crippen molar-refractivity contribution in [2.45, 2.75) is 44.4 Å². The Morgan fingerprint density at radius 3 is 2.77 bits per heavy atom. The van der Waals surface area contributed by atoms with Gasteiger partial charge in [-0.2, -0.15) is 0 Å². The third-order valence-electron chi connectivity index (χ3n) is 2.90. The van der Waals surface area contributed by atoms with Crippen molar-refractivity contribution in [1.82, 2.24) is 9.97 Å². The smallest absolute Gasteiger partial charge is 0.109 e. The summed E-state index contributed by atoms with van der Waals surface area (Å²) in [5.74, 6) is 1.88. The fourth-order valence-electron chi connectivity index (χ4n) is 2.09. The van der Waals surface area contributed by atoms with Crippen LogP contribution in [0.2, 0.25) is 0 Å². The van der Waals surface area contributed by atoms with Gasteiger partial charge in [0, 0.05) is 12.1 Å². The predicted octanol–water partition coefficient (Wildman–Crippen LogP) is 2.83. The van der Waals surface area contributed by atoms with E-state index >= 15 is 0 Å². The van der Waals surface area contributed by atoms with Crippen molar-refractivity contribution in [2.75, 3.05) is 0 Å². The molecule has 0 spiro atoms. The molecule has 0 atom stereocenters. The third-order valence-corrected chi connectivity index (χ3v) is 2.90. The Bertz CT molecular complexity index is 259. The van der Waals surface area contributed by atoms with Crippen LogP contribution in [-0.4, -0.2) is 9.97 Å². The number of rotatable bonds is 2. The maximum absolute atomic E-state index is 4.53. The molecular weight excluding hydrogens is 160 g/mol. The van der Waals surface area contributed by atoms with Crippen LogP contribution >= 0.6 is 0 Å². The number of hydrogen-bond acceptors (Lipinski definition) is 1. The standard InChI is InChI=1S/C11H17N2/c1-2-10-8-12-11(13-10)9-6-4-3-5-7-9/h8-9H,1-7H2,(H,12,13). The summed E-state index contributed by atoms with van der Waals surface area (Å²) in [4.78, 5) is 7.81. The summed E-state index contributed by atoms with van der Waals surface area (Å²) in [6.07, 6.45) is 9.55. The Kier molecular flexibility index (Phi) is 2.67. The SMILES string of the molecule is [CH2]Cc1c[nH]c(C2CCCCC2)n1. The molecule has 13 heavy (non-hydrogen) atoms. The van der Waals surface area contributed by atoms with E-state index in [0.717, 1.165) is 12.1 Å². The number of nitrogens with zero attached hydrogens (tertiary/aromatic N) is 1. The van der Waals surface area contributed by atoms with E-state index in [4.69, 9.17) is 0 Å². The molecule has 0 unspecified atom stereocenters. The van der Waals surface area contributed by atoms with Gasteiger partial charge in [0.2, 0.25) is 0 Å². The Morgan fingerprint density at radius 1 is 1.38 bits per heavy atom. The average molecular weight is 177 g/mol. The van der Waals surface area contributed by atoms with Crippen LogP contribution in [0, 0.1) is 6.92 Å². The predicted molar refractivity (Wildman–Crippen MR) is 53.5 cm³/mol. The second-order valence-electron chi connectivity index (χ2n) is 3.86. The molecule has 0 amide bonds. The van der Waals surface area contributed by atoms with Crippen LogP contribution in [0.1, 0.15) is 49.5 Å². The Morgan fingerprint density at radius 2 is 2.15 bits per heavy atom. The average Bonchev–Trinajstić information content (AvgIpc) is 2.67. The molecule has 2 rings (SSSR count). The highest BCUT2D eigenvalue weighted by atomic mass is 14.9. The van der Waals surface area contributed by atoms with Crippen molar-refractivity contribution in [1.29, 1.82) is 0 Å². The van der Waals surface area contributed by atoms with Gasteiger partial charge in [-0.1, -0.05) is 19.3 Å².